The fourth-order valence-electron chi connectivity index (χ4n) is 1.64. The highest BCUT2D eigenvalue weighted by atomic mass is 16.2. The highest BCUT2D eigenvalue weighted by molar-refractivity contribution is 5.80. The summed E-state index contributed by atoms with van der Waals surface area (Å²) in [6, 6.07) is 11.5. The average Bonchev–Trinajstić information content (AvgIpc) is 2.35. The Morgan fingerprint density at radius 2 is 1.78 bits per heavy atom. The van der Waals surface area contributed by atoms with E-state index in [4.69, 9.17) is 0 Å². The molecular weight excluding hydrogens is 232 g/mol. The molecule has 0 spiro atoms. The summed E-state index contributed by atoms with van der Waals surface area (Å²) in [6.45, 7) is -0.121. The van der Waals surface area contributed by atoms with Gasteiger partial charge in [0, 0.05) is 18.6 Å². The Bertz CT molecular complexity index is 656. The molecule has 5 heteroatoms. The van der Waals surface area contributed by atoms with E-state index in [2.05, 4.69) is 5.10 Å². The minimum atomic E-state index is -0.401. The number of ketones is 1. The summed E-state index contributed by atoms with van der Waals surface area (Å²) < 4.78 is 1.02. The summed E-state index contributed by atoms with van der Waals surface area (Å²) in [5.41, 5.74) is 0.0898. The molecule has 2 aromatic rings. The third kappa shape index (κ3) is 3.04. The first kappa shape index (κ1) is 12.0. The molecule has 2 rings (SSSR count). The van der Waals surface area contributed by atoms with Crippen molar-refractivity contribution < 1.29 is 4.79 Å². The SMILES string of the molecule is O=C(Cc1ccccc1)Cn1[nH]c(=O)ccc1=O. The molecule has 0 saturated heterocycles. The van der Waals surface area contributed by atoms with E-state index in [0.29, 0.717) is 0 Å². The molecule has 0 amide bonds. The predicted octanol–water partition coefficient (Wildman–Crippen LogP) is 0.348. The fraction of sp³-hybridized carbons (Fsp3) is 0.154. The first-order chi connectivity index (χ1) is 8.65. The maximum absolute atomic E-state index is 11.8. The van der Waals surface area contributed by atoms with Gasteiger partial charge in [0.1, 0.15) is 6.54 Å². The van der Waals surface area contributed by atoms with Gasteiger partial charge in [0.15, 0.2) is 5.78 Å². The van der Waals surface area contributed by atoms with Crippen molar-refractivity contribution in [2.75, 3.05) is 0 Å². The first-order valence-electron chi connectivity index (χ1n) is 5.51. The molecule has 0 bridgehead atoms. The summed E-state index contributed by atoms with van der Waals surface area (Å²) in [5, 5.41) is 2.32. The topological polar surface area (TPSA) is 71.9 Å². The lowest BCUT2D eigenvalue weighted by Gasteiger charge is -2.04. The first-order valence-corrected chi connectivity index (χ1v) is 5.51. The number of hydrogen-bond donors (Lipinski definition) is 1. The molecule has 1 aromatic carbocycles. The number of aromatic amines is 1. The smallest absolute Gasteiger partial charge is 0.265 e. The zero-order chi connectivity index (χ0) is 13.0. The Hall–Kier alpha value is -2.43. The highest BCUT2D eigenvalue weighted by Crippen LogP contribution is 2.00. The van der Waals surface area contributed by atoms with Gasteiger partial charge in [-0.25, -0.2) is 4.68 Å². The van der Waals surface area contributed by atoms with Crippen LogP contribution in [0, 0.1) is 0 Å². The number of rotatable bonds is 4. The molecule has 0 atom stereocenters. The van der Waals surface area contributed by atoms with Crippen LogP contribution < -0.4 is 11.1 Å². The lowest BCUT2D eigenvalue weighted by atomic mass is 10.1. The van der Waals surface area contributed by atoms with Gasteiger partial charge in [-0.2, -0.15) is 0 Å². The number of aromatic nitrogens is 2. The summed E-state index contributed by atoms with van der Waals surface area (Å²) in [6.07, 6.45) is 0.240. The molecule has 1 heterocycles. The van der Waals surface area contributed by atoms with E-state index >= 15 is 0 Å². The zero-order valence-electron chi connectivity index (χ0n) is 9.63. The normalized spacial score (nSPS) is 10.2. The molecule has 1 N–H and O–H groups in total. The number of Topliss-reactive ketones (excluding diaryl/α,β-unsaturated/α-hetero) is 1. The van der Waals surface area contributed by atoms with Crippen molar-refractivity contribution in [1.29, 1.82) is 0 Å². The number of hydrogen-bond acceptors (Lipinski definition) is 3. The van der Waals surface area contributed by atoms with Crippen LogP contribution in [0.15, 0.2) is 52.1 Å². The summed E-state index contributed by atoms with van der Waals surface area (Å²) in [5.74, 6) is -0.134. The van der Waals surface area contributed by atoms with Crippen LogP contribution >= 0.6 is 0 Å². The van der Waals surface area contributed by atoms with Gasteiger partial charge in [0.25, 0.3) is 11.1 Å². The summed E-state index contributed by atoms with van der Waals surface area (Å²) in [7, 11) is 0. The van der Waals surface area contributed by atoms with Crippen molar-refractivity contribution in [2.24, 2.45) is 0 Å². The van der Waals surface area contributed by atoms with Crippen molar-refractivity contribution in [2.45, 2.75) is 13.0 Å². The van der Waals surface area contributed by atoms with E-state index in [-0.39, 0.29) is 18.7 Å². The molecule has 0 aliphatic carbocycles. The number of H-pyrrole nitrogens is 1. The van der Waals surface area contributed by atoms with E-state index < -0.39 is 11.1 Å². The van der Waals surface area contributed by atoms with Gasteiger partial charge >= 0.3 is 0 Å². The molecule has 0 radical (unpaired) electrons. The molecule has 0 fully saturated rings. The number of benzene rings is 1. The van der Waals surface area contributed by atoms with Crippen molar-refractivity contribution in [1.82, 2.24) is 9.78 Å². The minimum Gasteiger partial charge on any atom is -0.297 e. The lowest BCUT2D eigenvalue weighted by molar-refractivity contribution is -0.119. The molecule has 0 aliphatic rings. The van der Waals surface area contributed by atoms with Crippen LogP contribution in [0.2, 0.25) is 0 Å². The zero-order valence-corrected chi connectivity index (χ0v) is 9.63. The third-order valence-corrected chi connectivity index (χ3v) is 2.47. The van der Waals surface area contributed by atoms with Crippen molar-refractivity contribution in [3.63, 3.8) is 0 Å². The Morgan fingerprint density at radius 3 is 2.50 bits per heavy atom. The van der Waals surface area contributed by atoms with E-state index in [1.54, 1.807) is 0 Å². The Morgan fingerprint density at radius 1 is 1.06 bits per heavy atom. The highest BCUT2D eigenvalue weighted by Gasteiger charge is 2.06. The molecule has 1 aromatic heterocycles. The van der Waals surface area contributed by atoms with Gasteiger partial charge in [-0.15, -0.1) is 0 Å². The molecular formula is C13H12N2O3. The molecule has 0 aliphatic heterocycles. The average molecular weight is 244 g/mol. The standard InChI is InChI=1S/C13H12N2O3/c16-11(8-10-4-2-1-3-5-10)9-15-13(18)7-6-12(17)14-15/h1-7H,8-9H2,(H,14,17). The second kappa shape index (κ2) is 5.27. The largest absolute Gasteiger partial charge is 0.297 e. The molecule has 18 heavy (non-hydrogen) atoms. The van der Waals surface area contributed by atoms with E-state index in [0.717, 1.165) is 22.4 Å². The maximum Gasteiger partial charge on any atom is 0.265 e. The van der Waals surface area contributed by atoms with E-state index in [1.807, 2.05) is 30.3 Å². The van der Waals surface area contributed by atoms with Gasteiger partial charge in [0.2, 0.25) is 0 Å². The molecule has 92 valence electrons. The molecule has 0 unspecified atom stereocenters. The van der Waals surface area contributed by atoms with E-state index in [9.17, 15) is 14.4 Å². The van der Waals surface area contributed by atoms with Gasteiger partial charge in [-0.1, -0.05) is 30.3 Å². The fourth-order valence-corrected chi connectivity index (χ4v) is 1.64. The van der Waals surface area contributed by atoms with Gasteiger partial charge < -0.3 is 0 Å². The van der Waals surface area contributed by atoms with Crippen molar-refractivity contribution in [3.05, 3.63) is 68.7 Å². The van der Waals surface area contributed by atoms with Crippen LogP contribution in [0.1, 0.15) is 5.56 Å². The van der Waals surface area contributed by atoms with Crippen molar-refractivity contribution in [3.8, 4) is 0 Å². The molecule has 0 saturated carbocycles. The second-order valence-corrected chi connectivity index (χ2v) is 3.93. The number of carbonyl (C=O) groups is 1. The van der Waals surface area contributed by atoms with Crippen LogP contribution in [0.4, 0.5) is 0 Å². The Balaban J connectivity index is 2.10. The lowest BCUT2D eigenvalue weighted by Crippen LogP contribution is -2.31. The second-order valence-electron chi connectivity index (χ2n) is 3.93. The summed E-state index contributed by atoms with van der Waals surface area (Å²) in [4.78, 5) is 34.2. The van der Waals surface area contributed by atoms with E-state index in [1.165, 1.54) is 0 Å². The van der Waals surface area contributed by atoms with Crippen LogP contribution in [-0.4, -0.2) is 15.6 Å². The van der Waals surface area contributed by atoms with Gasteiger partial charge in [-0.3, -0.25) is 19.5 Å². The van der Waals surface area contributed by atoms with Crippen molar-refractivity contribution >= 4 is 5.78 Å². The van der Waals surface area contributed by atoms with Gasteiger partial charge in [-0.05, 0) is 5.56 Å². The predicted molar refractivity (Wildman–Crippen MR) is 66.5 cm³/mol. The van der Waals surface area contributed by atoms with Gasteiger partial charge in [0.05, 0.1) is 0 Å². The number of nitrogens with one attached hydrogen (secondary N) is 1. The number of carbonyl (C=O) groups excluding carboxylic acids is 1. The Labute approximate surface area is 103 Å². The monoisotopic (exact) mass is 244 g/mol. The third-order valence-electron chi connectivity index (χ3n) is 2.47. The number of nitrogens with zero attached hydrogens (tertiary/aromatic N) is 1. The van der Waals surface area contributed by atoms with Crippen LogP contribution in [0.25, 0.3) is 0 Å². The Kier molecular flexibility index (Phi) is 3.52. The maximum atomic E-state index is 11.8. The minimum absolute atomic E-state index is 0.121. The van der Waals surface area contributed by atoms with Crippen LogP contribution in [0.5, 0.6) is 0 Å². The van der Waals surface area contributed by atoms with Crippen LogP contribution in [-0.2, 0) is 17.8 Å². The summed E-state index contributed by atoms with van der Waals surface area (Å²) >= 11 is 0. The quantitative estimate of drug-likeness (QED) is 0.843. The van der Waals surface area contributed by atoms with Crippen LogP contribution in [0.3, 0.4) is 0 Å². The molecule has 5 nitrogen and oxygen atoms in total.